The van der Waals surface area contributed by atoms with Gasteiger partial charge >= 0.3 is 0 Å². The number of rotatable bonds is 12. The summed E-state index contributed by atoms with van der Waals surface area (Å²) in [7, 11) is 6.99. The van der Waals surface area contributed by atoms with Crippen molar-refractivity contribution < 1.29 is 12.3 Å². The van der Waals surface area contributed by atoms with Crippen LogP contribution < -0.4 is 30.7 Å². The molecule has 2 aromatic heterocycles. The number of hydrogen-bond acceptors (Lipinski definition) is 12. The number of benzene rings is 4. The SMILES string of the molecule is COc1c(C#N)ccc2c1CCC[C@@H]2Nc1ccc(C=N)c(Nc2cnn(C)c2)c1.COc1c(C#N)ccc2c1CCC[C@H]2Nc1ccc(C=N)c(Nc2cnn(C)c2)c1.[HH].[HH]. The summed E-state index contributed by atoms with van der Waals surface area (Å²) in [5.41, 5.74) is 12.7. The van der Waals surface area contributed by atoms with E-state index in [9.17, 15) is 10.5 Å². The van der Waals surface area contributed by atoms with Gasteiger partial charge in [-0.2, -0.15) is 20.7 Å². The van der Waals surface area contributed by atoms with E-state index >= 15 is 0 Å². The molecule has 14 heteroatoms. The van der Waals surface area contributed by atoms with Crippen molar-refractivity contribution in [2.24, 2.45) is 14.1 Å². The molecule has 6 aromatic rings. The van der Waals surface area contributed by atoms with Gasteiger partial charge in [0.25, 0.3) is 0 Å². The Labute approximate surface area is 352 Å². The monoisotopic (exact) mass is 804 g/mol. The first-order valence-corrected chi connectivity index (χ1v) is 19.8. The Hall–Kier alpha value is -7.58. The fourth-order valence-corrected chi connectivity index (χ4v) is 8.12. The first kappa shape index (κ1) is 40.6. The Morgan fingerprint density at radius 2 is 1.10 bits per heavy atom. The van der Waals surface area contributed by atoms with Crippen LogP contribution in [0.3, 0.4) is 0 Å². The van der Waals surface area contributed by atoms with Crippen LogP contribution in [0.25, 0.3) is 0 Å². The zero-order chi connectivity index (χ0) is 42.2. The second kappa shape index (κ2) is 18.3. The van der Waals surface area contributed by atoms with E-state index in [2.05, 4.69) is 43.6 Å². The number of hydrogen-bond donors (Lipinski definition) is 6. The number of ether oxygens (including phenoxy) is 2. The maximum Gasteiger partial charge on any atom is 0.140 e. The Morgan fingerprint density at radius 1 is 0.667 bits per heavy atom. The number of aromatic nitrogens is 4. The van der Waals surface area contributed by atoms with Crippen LogP contribution in [-0.4, -0.2) is 46.2 Å². The predicted octanol–water partition coefficient (Wildman–Crippen LogP) is 9.55. The van der Waals surface area contributed by atoms with E-state index in [-0.39, 0.29) is 14.9 Å². The van der Waals surface area contributed by atoms with Crippen molar-refractivity contribution in [1.29, 1.82) is 21.3 Å². The van der Waals surface area contributed by atoms with Crippen molar-refractivity contribution in [2.75, 3.05) is 35.5 Å². The molecule has 2 aliphatic rings. The molecule has 2 aliphatic carbocycles. The van der Waals surface area contributed by atoms with Crippen LogP contribution in [0, 0.1) is 33.5 Å². The summed E-state index contributed by atoms with van der Waals surface area (Å²) >= 11 is 0. The van der Waals surface area contributed by atoms with Crippen LogP contribution in [0.5, 0.6) is 11.5 Å². The van der Waals surface area contributed by atoms with Gasteiger partial charge in [0.15, 0.2) is 0 Å². The molecule has 60 heavy (non-hydrogen) atoms. The Morgan fingerprint density at radius 3 is 1.45 bits per heavy atom. The fraction of sp³-hybridized carbons (Fsp3) is 0.261. The molecular weight excluding hydrogens is 753 g/mol. The molecule has 4 aromatic carbocycles. The number of nitrogens with zero attached hydrogens (tertiary/aromatic N) is 6. The van der Waals surface area contributed by atoms with Gasteiger partial charge in [0.05, 0.1) is 61.2 Å². The van der Waals surface area contributed by atoms with Gasteiger partial charge in [-0.3, -0.25) is 9.36 Å². The molecule has 0 aliphatic heterocycles. The van der Waals surface area contributed by atoms with E-state index in [1.165, 1.54) is 23.6 Å². The summed E-state index contributed by atoms with van der Waals surface area (Å²) < 4.78 is 14.6. The molecule has 0 fully saturated rings. The minimum absolute atomic E-state index is 0. The van der Waals surface area contributed by atoms with Crippen molar-refractivity contribution in [1.82, 2.24) is 19.6 Å². The second-order valence-electron chi connectivity index (χ2n) is 14.8. The number of methoxy groups -OCH3 is 2. The van der Waals surface area contributed by atoms with E-state index in [4.69, 9.17) is 20.3 Å². The lowest BCUT2D eigenvalue weighted by atomic mass is 9.85. The minimum Gasteiger partial charge on any atom is -0.495 e. The lowest BCUT2D eigenvalue weighted by Gasteiger charge is -2.29. The standard InChI is InChI=1S/2C23H24N6O.2H2/c2*1-29-14-18(13-26-29)28-22-10-17(8-6-15(22)11-24)27-21-5-3-4-20-19(21)9-7-16(12-25)23(20)30-2;;/h2*6-11,13-14,21,24,27-28H,3-5H2,1-2H3;2*1H/t2*21-;;/m10../s1. The third-order valence-electron chi connectivity index (χ3n) is 10.9. The maximum absolute atomic E-state index is 9.38. The average Bonchev–Trinajstić information content (AvgIpc) is 3.89. The summed E-state index contributed by atoms with van der Waals surface area (Å²) in [6.07, 6.45) is 15.8. The van der Waals surface area contributed by atoms with E-state index in [1.807, 2.05) is 87.2 Å². The van der Waals surface area contributed by atoms with E-state index in [0.717, 1.165) is 94.9 Å². The molecule has 308 valence electrons. The molecule has 6 N–H and O–H groups in total. The van der Waals surface area contributed by atoms with Crippen LogP contribution in [-0.2, 0) is 26.9 Å². The van der Waals surface area contributed by atoms with Crippen LogP contribution in [0.1, 0.15) is 85.1 Å². The fourth-order valence-electron chi connectivity index (χ4n) is 8.12. The Bertz CT molecular complexity index is 2450. The molecule has 0 bridgehead atoms. The highest BCUT2D eigenvalue weighted by Gasteiger charge is 2.26. The summed E-state index contributed by atoms with van der Waals surface area (Å²) in [6.45, 7) is 0. The molecular formula is C46H52N12O2. The number of nitriles is 2. The summed E-state index contributed by atoms with van der Waals surface area (Å²) in [5, 5.41) is 56.5. The first-order valence-electron chi connectivity index (χ1n) is 19.8. The van der Waals surface area contributed by atoms with Gasteiger partial charge in [-0.1, -0.05) is 12.1 Å². The number of nitrogens with one attached hydrogen (secondary N) is 6. The maximum atomic E-state index is 9.38. The highest BCUT2D eigenvalue weighted by molar-refractivity contribution is 5.89. The number of fused-ring (bicyclic) bond motifs is 2. The van der Waals surface area contributed by atoms with E-state index in [1.54, 1.807) is 36.0 Å². The van der Waals surface area contributed by atoms with Gasteiger partial charge in [-0.25, -0.2) is 0 Å². The van der Waals surface area contributed by atoms with E-state index < -0.39 is 0 Å². The van der Waals surface area contributed by atoms with Crippen LogP contribution in [0.2, 0.25) is 0 Å². The smallest absolute Gasteiger partial charge is 0.140 e. The molecule has 0 saturated carbocycles. The van der Waals surface area contributed by atoms with Gasteiger partial charge in [-0.05, 0) is 98.2 Å². The summed E-state index contributed by atoms with van der Waals surface area (Å²) in [4.78, 5) is 0. The highest BCUT2D eigenvalue weighted by Crippen LogP contribution is 2.41. The summed E-state index contributed by atoms with van der Waals surface area (Å²) in [6, 6.07) is 24.3. The third kappa shape index (κ3) is 8.78. The third-order valence-corrected chi connectivity index (χ3v) is 10.9. The van der Waals surface area contributed by atoms with Crippen LogP contribution in [0.4, 0.5) is 34.1 Å². The second-order valence-corrected chi connectivity index (χ2v) is 14.8. The lowest BCUT2D eigenvalue weighted by molar-refractivity contribution is 0.403. The molecule has 14 nitrogen and oxygen atoms in total. The van der Waals surface area contributed by atoms with Gasteiger partial charge in [0.2, 0.25) is 0 Å². The van der Waals surface area contributed by atoms with Crippen molar-refractivity contribution in [2.45, 2.75) is 50.6 Å². The number of anilines is 6. The molecule has 0 radical (unpaired) electrons. The lowest BCUT2D eigenvalue weighted by Crippen LogP contribution is -2.18. The molecule has 2 atom stereocenters. The molecule has 8 rings (SSSR count). The van der Waals surface area contributed by atoms with Crippen LogP contribution >= 0.6 is 0 Å². The largest absolute Gasteiger partial charge is 0.495 e. The number of aryl methyl sites for hydroxylation is 2. The zero-order valence-corrected chi connectivity index (χ0v) is 34.1. The summed E-state index contributed by atoms with van der Waals surface area (Å²) in [5.74, 6) is 1.39. The van der Waals surface area contributed by atoms with Gasteiger partial charge < -0.3 is 41.6 Å². The van der Waals surface area contributed by atoms with Crippen molar-refractivity contribution in [3.63, 3.8) is 0 Å². The highest BCUT2D eigenvalue weighted by atomic mass is 16.5. The Kier molecular flexibility index (Phi) is 12.4. The molecule has 0 amide bonds. The molecule has 0 saturated heterocycles. The quantitative estimate of drug-likeness (QED) is 0.0648. The predicted molar refractivity (Wildman–Crippen MR) is 240 cm³/mol. The minimum atomic E-state index is 0. The van der Waals surface area contributed by atoms with Gasteiger partial charge in [0.1, 0.15) is 23.6 Å². The van der Waals surface area contributed by atoms with Crippen molar-refractivity contribution >= 4 is 46.6 Å². The normalized spacial score (nSPS) is 15.0. The van der Waals surface area contributed by atoms with Crippen molar-refractivity contribution in [3.05, 3.63) is 130 Å². The van der Waals surface area contributed by atoms with E-state index in [0.29, 0.717) is 22.6 Å². The topological polar surface area (TPSA) is 198 Å². The average molecular weight is 805 g/mol. The van der Waals surface area contributed by atoms with Crippen molar-refractivity contribution in [3.8, 4) is 23.6 Å². The Balaban J connectivity index is 0.000000227. The van der Waals surface area contributed by atoms with Gasteiger partial charge in [-0.15, -0.1) is 0 Å². The molecule has 0 unspecified atom stereocenters. The van der Waals surface area contributed by atoms with Crippen LogP contribution in [0.15, 0.2) is 85.5 Å². The first-order chi connectivity index (χ1) is 29.2. The zero-order valence-electron chi connectivity index (χ0n) is 34.1. The van der Waals surface area contributed by atoms with Gasteiger partial charge in [0, 0.05) is 86.8 Å². The molecule has 2 heterocycles. The molecule has 0 spiro atoms.